The summed E-state index contributed by atoms with van der Waals surface area (Å²) in [4.78, 5) is 26.7. The van der Waals surface area contributed by atoms with Crippen LogP contribution in [0.1, 0.15) is 43.7 Å². The normalized spacial score (nSPS) is 21.0. The second-order valence-corrected chi connectivity index (χ2v) is 17.4. The first-order chi connectivity index (χ1) is 20.8. The molecule has 4 aromatic rings. The van der Waals surface area contributed by atoms with Crippen LogP contribution in [-0.2, 0) is 19.5 Å². The molecule has 44 heavy (non-hydrogen) atoms. The maximum absolute atomic E-state index is 14.5. The number of aromatic nitrogens is 2. The van der Waals surface area contributed by atoms with Crippen LogP contribution in [0, 0.1) is 5.82 Å². The van der Waals surface area contributed by atoms with Crippen molar-refractivity contribution < 1.29 is 23.4 Å². The topological polar surface area (TPSA) is 103 Å². The number of halogens is 1. The van der Waals surface area contributed by atoms with E-state index in [1.165, 1.54) is 0 Å². The summed E-state index contributed by atoms with van der Waals surface area (Å²) in [6, 6.07) is 29.4. The summed E-state index contributed by atoms with van der Waals surface area (Å²) < 4.78 is 35.2. The zero-order valence-electron chi connectivity index (χ0n) is 25.6. The van der Waals surface area contributed by atoms with Gasteiger partial charge in [0, 0.05) is 0 Å². The quantitative estimate of drug-likeness (QED) is 0.194. The molecule has 0 saturated carbocycles. The molecule has 1 aliphatic heterocycles. The molecule has 0 amide bonds. The van der Waals surface area contributed by atoms with Gasteiger partial charge in [0.25, 0.3) is 5.56 Å². The van der Waals surface area contributed by atoms with Gasteiger partial charge in [-0.05, 0) is 34.8 Å². The maximum Gasteiger partial charge on any atom is 0.330 e. The minimum absolute atomic E-state index is 0.103. The average Bonchev–Trinajstić information content (AvgIpc) is 3.30. The van der Waals surface area contributed by atoms with E-state index < -0.39 is 55.5 Å². The van der Waals surface area contributed by atoms with Gasteiger partial charge in [-0.15, -0.1) is 0 Å². The highest BCUT2D eigenvalue weighted by atomic mass is 28.4. The number of hydrogen-bond acceptors (Lipinski definition) is 6. The van der Waals surface area contributed by atoms with Gasteiger partial charge >= 0.3 is 5.69 Å². The predicted molar refractivity (Wildman–Crippen MR) is 168 cm³/mol. The van der Waals surface area contributed by atoms with Crippen LogP contribution in [0.25, 0.3) is 0 Å². The third-order valence-corrected chi connectivity index (χ3v) is 13.2. The molecule has 0 unspecified atom stereocenters. The van der Waals surface area contributed by atoms with Gasteiger partial charge in [-0.3, -0.25) is 14.3 Å². The minimum atomic E-state index is -2.54. The molecule has 2 N–H and O–H groups in total. The molecule has 5 rings (SSSR count). The summed E-state index contributed by atoms with van der Waals surface area (Å²) in [5.74, 6) is -1.15. The molecule has 1 fully saturated rings. The van der Waals surface area contributed by atoms with Gasteiger partial charge in [0.05, 0.1) is 12.8 Å². The first-order valence-corrected chi connectivity index (χ1v) is 17.6. The molecule has 4 atom stereocenters. The van der Waals surface area contributed by atoms with E-state index in [0.717, 1.165) is 27.5 Å². The Bertz CT molecular complexity index is 1570. The van der Waals surface area contributed by atoms with Crippen molar-refractivity contribution in [3.05, 3.63) is 141 Å². The van der Waals surface area contributed by atoms with E-state index >= 15 is 0 Å². The largest absolute Gasteiger partial charge is 0.407 e. The van der Waals surface area contributed by atoms with Crippen LogP contribution >= 0.6 is 0 Å². The third kappa shape index (κ3) is 6.00. The van der Waals surface area contributed by atoms with Crippen LogP contribution in [0.2, 0.25) is 18.1 Å². The smallest absolute Gasteiger partial charge is 0.330 e. The monoisotopic (exact) mass is 618 g/mol. The molecule has 3 aromatic carbocycles. The van der Waals surface area contributed by atoms with E-state index in [-0.39, 0.29) is 11.6 Å². The van der Waals surface area contributed by atoms with E-state index in [9.17, 15) is 19.1 Å². The molecule has 0 aliphatic carbocycles. The number of aromatic amines is 1. The van der Waals surface area contributed by atoms with Crippen LogP contribution in [0.5, 0.6) is 0 Å². The fourth-order valence-electron chi connectivity index (χ4n) is 5.35. The summed E-state index contributed by atoms with van der Waals surface area (Å²) in [6.45, 7) is 10.1. The molecule has 10 heteroatoms. The summed E-state index contributed by atoms with van der Waals surface area (Å²) in [5.41, 5.74) is -0.476. The van der Waals surface area contributed by atoms with Crippen molar-refractivity contribution in [2.75, 3.05) is 6.61 Å². The molecular formula is C34H39FN2O6Si. The number of benzene rings is 3. The van der Waals surface area contributed by atoms with Crippen molar-refractivity contribution in [1.82, 2.24) is 9.55 Å². The Kier molecular flexibility index (Phi) is 8.93. The molecule has 1 aliphatic rings. The zero-order chi connectivity index (χ0) is 31.7. The lowest BCUT2D eigenvalue weighted by atomic mass is 9.80. The Balaban J connectivity index is 1.57. The first kappa shape index (κ1) is 31.7. The molecule has 0 radical (unpaired) electrons. The second-order valence-electron chi connectivity index (χ2n) is 12.6. The molecular weight excluding hydrogens is 579 g/mol. The highest BCUT2D eigenvalue weighted by Crippen LogP contribution is 2.44. The van der Waals surface area contributed by atoms with Gasteiger partial charge in [-0.2, -0.15) is 4.39 Å². The van der Waals surface area contributed by atoms with Gasteiger partial charge in [0.2, 0.25) is 5.82 Å². The van der Waals surface area contributed by atoms with Crippen molar-refractivity contribution in [3.8, 4) is 0 Å². The lowest BCUT2D eigenvalue weighted by Crippen LogP contribution is -2.50. The van der Waals surface area contributed by atoms with Gasteiger partial charge in [-0.25, -0.2) is 4.79 Å². The summed E-state index contributed by atoms with van der Waals surface area (Å²) >= 11 is 0. The Morgan fingerprint density at radius 1 is 0.886 bits per heavy atom. The fraction of sp³-hybridized carbons (Fsp3) is 0.353. The van der Waals surface area contributed by atoms with Gasteiger partial charge in [0.15, 0.2) is 14.5 Å². The van der Waals surface area contributed by atoms with Crippen molar-refractivity contribution in [3.63, 3.8) is 0 Å². The lowest BCUT2D eigenvalue weighted by Gasteiger charge is -2.40. The number of aliphatic hydroxyl groups is 1. The van der Waals surface area contributed by atoms with Gasteiger partial charge in [0.1, 0.15) is 23.9 Å². The number of nitrogens with zero attached hydrogens (tertiary/aromatic N) is 1. The number of ether oxygens (including phenoxy) is 2. The van der Waals surface area contributed by atoms with Gasteiger partial charge < -0.3 is 19.0 Å². The van der Waals surface area contributed by atoms with Crippen molar-refractivity contribution in [2.45, 2.75) is 69.0 Å². The molecule has 0 spiro atoms. The molecule has 1 aromatic heterocycles. The summed E-state index contributed by atoms with van der Waals surface area (Å²) in [7, 11) is -2.54. The highest BCUT2D eigenvalue weighted by molar-refractivity contribution is 6.74. The van der Waals surface area contributed by atoms with Crippen LogP contribution in [0.15, 0.2) is 107 Å². The number of rotatable bonds is 9. The third-order valence-electron chi connectivity index (χ3n) is 8.75. The van der Waals surface area contributed by atoms with Crippen molar-refractivity contribution in [1.29, 1.82) is 0 Å². The van der Waals surface area contributed by atoms with Crippen LogP contribution in [-0.4, -0.2) is 47.9 Å². The average molecular weight is 619 g/mol. The minimum Gasteiger partial charge on any atom is -0.407 e. The number of hydrogen-bond donors (Lipinski definition) is 2. The number of aliphatic hydroxyl groups excluding tert-OH is 1. The Morgan fingerprint density at radius 2 is 1.36 bits per heavy atom. The first-order valence-electron chi connectivity index (χ1n) is 14.7. The van der Waals surface area contributed by atoms with E-state index in [4.69, 9.17) is 13.9 Å². The van der Waals surface area contributed by atoms with E-state index in [1.807, 2.05) is 109 Å². The summed E-state index contributed by atoms with van der Waals surface area (Å²) in [5, 5.41) is 11.5. The molecule has 232 valence electrons. The fourth-order valence-corrected chi connectivity index (χ4v) is 6.64. The van der Waals surface area contributed by atoms with Crippen LogP contribution in [0.4, 0.5) is 4.39 Å². The highest BCUT2D eigenvalue weighted by Gasteiger charge is 2.51. The number of nitrogens with one attached hydrogen (secondary N) is 1. The molecule has 8 nitrogen and oxygen atoms in total. The van der Waals surface area contributed by atoms with Crippen LogP contribution < -0.4 is 11.2 Å². The summed E-state index contributed by atoms with van der Waals surface area (Å²) in [6.07, 6.45) is -3.66. The lowest BCUT2D eigenvalue weighted by molar-refractivity contribution is -0.0958. The van der Waals surface area contributed by atoms with E-state index in [2.05, 4.69) is 20.8 Å². The zero-order valence-corrected chi connectivity index (χ0v) is 26.6. The Morgan fingerprint density at radius 3 is 1.82 bits per heavy atom. The second kappa shape index (κ2) is 12.4. The van der Waals surface area contributed by atoms with Crippen molar-refractivity contribution in [2.24, 2.45) is 0 Å². The Hall–Kier alpha value is -3.67. The van der Waals surface area contributed by atoms with E-state index in [0.29, 0.717) is 0 Å². The predicted octanol–water partition coefficient (Wildman–Crippen LogP) is 5.33. The standard InChI is InChI=1S/C34H39FN2O6Si/c1-33(2,3)44(4,5)43-29-28(38)27(42-31(29)37-21-26(35)30(39)36-32(37)40)22-41-34(23-15-9-6-10-16-23,24-17-11-7-12-18-24)25-19-13-8-14-20-25/h6-21,27-29,31,38H,22H2,1-5H3,(H,36,39,40)/t27-,28-,29-,31-/m1/s1. The van der Waals surface area contributed by atoms with Gasteiger partial charge in [-0.1, -0.05) is 112 Å². The van der Waals surface area contributed by atoms with Crippen molar-refractivity contribution >= 4 is 8.32 Å². The van der Waals surface area contributed by atoms with E-state index in [1.54, 1.807) is 0 Å². The molecule has 1 saturated heterocycles. The van der Waals surface area contributed by atoms with Crippen LogP contribution in [0.3, 0.4) is 0 Å². The molecule has 2 heterocycles. The maximum atomic E-state index is 14.5. The SMILES string of the molecule is CC(C)(C)[Si](C)(C)O[C@@H]1[C@H](O)[C@@H](COC(c2ccccc2)(c2ccccc2)c2ccccc2)O[C@H]1n1cc(F)c(=O)[nH]c1=O. The number of H-pyrrole nitrogens is 1. The Labute approximate surface area is 257 Å². The molecule has 0 bridgehead atoms.